The van der Waals surface area contributed by atoms with Gasteiger partial charge in [-0.3, -0.25) is 4.99 Å². The van der Waals surface area contributed by atoms with Crippen molar-refractivity contribution in [3.63, 3.8) is 0 Å². The van der Waals surface area contributed by atoms with Crippen LogP contribution in [0.2, 0.25) is 4.34 Å². The number of hydrogen-bond acceptors (Lipinski definition) is 3. The molecule has 1 N–H and O–H groups in total. The smallest absolute Gasteiger partial charge is 0.119 e. The third kappa shape index (κ3) is 1.65. The second-order valence-corrected chi connectivity index (χ2v) is 3.04. The Morgan fingerprint density at radius 1 is 1.70 bits per heavy atom. The average molecular weight is 173 g/mol. The highest BCUT2D eigenvalue weighted by atomic mass is 35.5. The van der Waals surface area contributed by atoms with Crippen molar-refractivity contribution in [2.45, 2.75) is 0 Å². The number of hydrogen-bond donors (Lipinski definition) is 1. The molecular weight excluding hydrogens is 168 g/mol. The summed E-state index contributed by atoms with van der Waals surface area (Å²) in [6, 6.07) is 1.81. The van der Waals surface area contributed by atoms with Crippen LogP contribution in [-0.2, 0) is 0 Å². The van der Waals surface area contributed by atoms with E-state index in [9.17, 15) is 0 Å². The molecule has 52 valence electrons. The van der Waals surface area contributed by atoms with Gasteiger partial charge < -0.3 is 5.41 Å². The fourth-order valence-corrected chi connectivity index (χ4v) is 1.32. The van der Waals surface area contributed by atoms with E-state index in [0.717, 1.165) is 11.9 Å². The first kappa shape index (κ1) is 7.44. The first-order chi connectivity index (χ1) is 4.84. The fraction of sp³-hybridized carbons (Fsp3) is 0. The lowest BCUT2D eigenvalue weighted by molar-refractivity contribution is 1.57. The average Bonchev–Trinajstić information content (AvgIpc) is 2.31. The second-order valence-electron chi connectivity index (χ2n) is 1.52. The molecule has 0 fully saturated rings. The Balaban J connectivity index is 2.83. The van der Waals surface area contributed by atoms with Gasteiger partial charge in [-0.05, 0) is 11.4 Å². The van der Waals surface area contributed by atoms with E-state index in [1.165, 1.54) is 17.6 Å². The Morgan fingerprint density at radius 3 is 3.00 bits per heavy atom. The SMILES string of the molecule is N=CC=Nc1ccsc1Cl. The molecule has 0 atom stereocenters. The van der Waals surface area contributed by atoms with Crippen molar-refractivity contribution in [2.75, 3.05) is 0 Å². The molecule has 4 heteroatoms. The monoisotopic (exact) mass is 172 g/mol. The third-order valence-electron chi connectivity index (χ3n) is 0.887. The molecule has 0 bridgehead atoms. The zero-order chi connectivity index (χ0) is 7.40. The van der Waals surface area contributed by atoms with Crippen LogP contribution in [0.3, 0.4) is 0 Å². The van der Waals surface area contributed by atoms with Crippen LogP contribution in [0.5, 0.6) is 0 Å². The van der Waals surface area contributed by atoms with Crippen LogP contribution in [0.4, 0.5) is 5.69 Å². The van der Waals surface area contributed by atoms with Gasteiger partial charge in [-0.15, -0.1) is 11.3 Å². The van der Waals surface area contributed by atoms with Crippen molar-refractivity contribution in [1.29, 1.82) is 5.41 Å². The van der Waals surface area contributed by atoms with E-state index < -0.39 is 0 Å². The molecule has 0 unspecified atom stereocenters. The first-order valence-corrected chi connectivity index (χ1v) is 3.86. The Hall–Kier alpha value is -0.670. The Kier molecular flexibility index (Phi) is 2.59. The Labute approximate surface area is 67.7 Å². The maximum absolute atomic E-state index is 6.66. The number of halogens is 1. The van der Waals surface area contributed by atoms with E-state index in [1.807, 2.05) is 11.4 Å². The molecule has 0 aliphatic rings. The van der Waals surface area contributed by atoms with Gasteiger partial charge in [0.25, 0.3) is 0 Å². The van der Waals surface area contributed by atoms with E-state index in [0.29, 0.717) is 4.34 Å². The van der Waals surface area contributed by atoms with E-state index in [4.69, 9.17) is 17.0 Å². The molecule has 1 heterocycles. The van der Waals surface area contributed by atoms with Gasteiger partial charge in [0.05, 0.1) is 5.69 Å². The van der Waals surface area contributed by atoms with Gasteiger partial charge in [0.1, 0.15) is 4.34 Å². The highest BCUT2D eigenvalue weighted by Gasteiger charge is 1.95. The van der Waals surface area contributed by atoms with Crippen LogP contribution in [-0.4, -0.2) is 12.4 Å². The van der Waals surface area contributed by atoms with Crippen molar-refractivity contribution >= 4 is 41.1 Å². The summed E-state index contributed by atoms with van der Waals surface area (Å²) in [5, 5.41) is 8.52. The van der Waals surface area contributed by atoms with Crippen LogP contribution in [0.1, 0.15) is 0 Å². The summed E-state index contributed by atoms with van der Waals surface area (Å²) >= 11 is 7.14. The van der Waals surface area contributed by atoms with Crippen LogP contribution in [0.15, 0.2) is 16.4 Å². The molecule has 0 aliphatic heterocycles. The summed E-state index contributed by atoms with van der Waals surface area (Å²) in [6.07, 6.45) is 2.52. The molecule has 0 aromatic carbocycles. The van der Waals surface area contributed by atoms with Crippen molar-refractivity contribution in [3.05, 3.63) is 15.8 Å². The highest BCUT2D eigenvalue weighted by molar-refractivity contribution is 7.15. The van der Waals surface area contributed by atoms with Crippen molar-refractivity contribution in [2.24, 2.45) is 4.99 Å². The van der Waals surface area contributed by atoms with Gasteiger partial charge in [-0.2, -0.15) is 0 Å². The van der Waals surface area contributed by atoms with Crippen LogP contribution in [0.25, 0.3) is 0 Å². The van der Waals surface area contributed by atoms with Gasteiger partial charge in [-0.1, -0.05) is 11.6 Å². The van der Waals surface area contributed by atoms with E-state index in [1.54, 1.807) is 0 Å². The lowest BCUT2D eigenvalue weighted by atomic mass is 10.5. The van der Waals surface area contributed by atoms with Crippen LogP contribution in [0, 0.1) is 5.41 Å². The zero-order valence-electron chi connectivity index (χ0n) is 5.04. The highest BCUT2D eigenvalue weighted by Crippen LogP contribution is 2.29. The van der Waals surface area contributed by atoms with Crippen molar-refractivity contribution in [3.8, 4) is 0 Å². The number of aliphatic imine (C=N–C) groups is 1. The molecule has 0 radical (unpaired) electrons. The molecule has 0 amide bonds. The molecule has 10 heavy (non-hydrogen) atoms. The van der Waals surface area contributed by atoms with Gasteiger partial charge >= 0.3 is 0 Å². The van der Waals surface area contributed by atoms with Gasteiger partial charge in [0.15, 0.2) is 0 Å². The lowest BCUT2D eigenvalue weighted by Gasteiger charge is -1.82. The summed E-state index contributed by atoms with van der Waals surface area (Å²) in [5.74, 6) is 0. The van der Waals surface area contributed by atoms with E-state index in [-0.39, 0.29) is 0 Å². The summed E-state index contributed by atoms with van der Waals surface area (Å²) in [4.78, 5) is 3.89. The zero-order valence-corrected chi connectivity index (χ0v) is 6.62. The fourth-order valence-electron chi connectivity index (χ4n) is 0.495. The minimum atomic E-state index is 0.665. The molecule has 1 aromatic heterocycles. The lowest BCUT2D eigenvalue weighted by Crippen LogP contribution is -1.67. The van der Waals surface area contributed by atoms with Gasteiger partial charge in [0, 0.05) is 12.4 Å². The molecule has 0 spiro atoms. The molecule has 0 saturated carbocycles. The maximum Gasteiger partial charge on any atom is 0.119 e. The van der Waals surface area contributed by atoms with Crippen molar-refractivity contribution in [1.82, 2.24) is 0 Å². The van der Waals surface area contributed by atoms with Crippen LogP contribution < -0.4 is 0 Å². The summed E-state index contributed by atoms with van der Waals surface area (Å²) < 4.78 is 0.665. The van der Waals surface area contributed by atoms with Gasteiger partial charge in [-0.25, -0.2) is 0 Å². The largest absolute Gasteiger partial charge is 0.307 e. The third-order valence-corrected chi connectivity index (χ3v) is 2.04. The molecule has 0 aliphatic carbocycles. The number of rotatable bonds is 2. The standard InChI is InChI=1S/C6H5ClN2S/c7-6-5(1-4-10-6)9-3-2-8/h1-4,8H. The van der Waals surface area contributed by atoms with Gasteiger partial charge in [0.2, 0.25) is 0 Å². The van der Waals surface area contributed by atoms with Crippen molar-refractivity contribution < 1.29 is 0 Å². The Morgan fingerprint density at radius 2 is 2.50 bits per heavy atom. The molecule has 1 aromatic rings. The minimum absolute atomic E-state index is 0.665. The summed E-state index contributed by atoms with van der Waals surface area (Å²) in [6.45, 7) is 0. The van der Waals surface area contributed by atoms with E-state index >= 15 is 0 Å². The predicted octanol–water partition coefficient (Wildman–Crippen LogP) is 2.75. The first-order valence-electron chi connectivity index (χ1n) is 2.60. The summed E-state index contributed by atoms with van der Waals surface area (Å²) in [7, 11) is 0. The molecule has 1 rings (SSSR count). The minimum Gasteiger partial charge on any atom is -0.307 e. The number of nitrogens with zero attached hydrogens (tertiary/aromatic N) is 1. The Bertz CT molecular complexity index is 254. The maximum atomic E-state index is 6.66. The quantitative estimate of drug-likeness (QED) is 0.667. The predicted molar refractivity (Wildman–Crippen MR) is 46.3 cm³/mol. The summed E-state index contributed by atoms with van der Waals surface area (Å²) in [5.41, 5.74) is 0.732. The molecule has 2 nitrogen and oxygen atoms in total. The number of nitrogens with one attached hydrogen (secondary N) is 1. The second kappa shape index (κ2) is 3.49. The number of thiophene rings is 1. The molecular formula is C6H5ClN2S. The van der Waals surface area contributed by atoms with E-state index in [2.05, 4.69) is 4.99 Å². The van der Waals surface area contributed by atoms with Crippen LogP contribution >= 0.6 is 22.9 Å². The normalized spacial score (nSPS) is 10.5. The molecule has 0 saturated heterocycles. The topological polar surface area (TPSA) is 36.2 Å².